The van der Waals surface area contributed by atoms with Gasteiger partial charge in [-0.1, -0.05) is 12.1 Å². The third kappa shape index (κ3) is 3.98. The lowest BCUT2D eigenvalue weighted by Crippen LogP contribution is -2.47. The standard InChI is InChI=1S/C22H21F2N5O/c1-27(2)19-8-9-29(25-13-19)26-22(30)21-12-16-11-18(24)6-7-20(16)28(21)14-15-4-3-5-17(23)10-15/h3-13,25H,14H2,1-2H3,(H,26,30). The molecule has 1 aliphatic heterocycles. The number of carbonyl (C=O) groups is 1. The maximum atomic E-state index is 13.7. The van der Waals surface area contributed by atoms with Gasteiger partial charge in [0, 0.05) is 43.9 Å². The van der Waals surface area contributed by atoms with Crippen molar-refractivity contribution in [2.45, 2.75) is 6.54 Å². The average Bonchev–Trinajstić information content (AvgIpc) is 3.06. The molecule has 0 saturated carbocycles. The van der Waals surface area contributed by atoms with Crippen LogP contribution in [0.1, 0.15) is 16.1 Å². The first kappa shape index (κ1) is 19.5. The van der Waals surface area contributed by atoms with Crippen LogP contribution in [0.2, 0.25) is 0 Å². The number of nitrogens with zero attached hydrogens (tertiary/aromatic N) is 3. The Morgan fingerprint density at radius 2 is 1.90 bits per heavy atom. The fraction of sp³-hybridized carbons (Fsp3) is 0.136. The number of hydrogen-bond acceptors (Lipinski definition) is 4. The van der Waals surface area contributed by atoms with Gasteiger partial charge < -0.3 is 9.47 Å². The van der Waals surface area contributed by atoms with Gasteiger partial charge in [0.05, 0.1) is 5.70 Å². The molecule has 2 N–H and O–H groups in total. The molecule has 0 spiro atoms. The molecular formula is C22H21F2N5O. The molecule has 1 aliphatic rings. The van der Waals surface area contributed by atoms with E-state index in [1.807, 2.05) is 25.1 Å². The number of allylic oxidation sites excluding steroid dienone is 1. The number of fused-ring (bicyclic) bond motifs is 1. The van der Waals surface area contributed by atoms with Gasteiger partial charge >= 0.3 is 0 Å². The molecule has 2 heterocycles. The van der Waals surface area contributed by atoms with Gasteiger partial charge in [-0.15, -0.1) is 0 Å². The van der Waals surface area contributed by atoms with Crippen molar-refractivity contribution >= 4 is 16.8 Å². The minimum Gasteiger partial charge on any atom is -0.376 e. The molecule has 0 bridgehead atoms. The van der Waals surface area contributed by atoms with E-state index in [1.54, 1.807) is 41.2 Å². The summed E-state index contributed by atoms with van der Waals surface area (Å²) in [5.41, 5.74) is 8.37. The van der Waals surface area contributed by atoms with Crippen LogP contribution in [0.15, 0.2) is 72.7 Å². The van der Waals surface area contributed by atoms with Crippen molar-refractivity contribution in [3.63, 3.8) is 0 Å². The maximum Gasteiger partial charge on any atom is 0.287 e. The summed E-state index contributed by atoms with van der Waals surface area (Å²) in [5, 5.41) is 2.02. The van der Waals surface area contributed by atoms with Gasteiger partial charge in [0.15, 0.2) is 0 Å². The number of aromatic nitrogens is 1. The Kier molecular flexibility index (Phi) is 5.14. The lowest BCUT2D eigenvalue weighted by atomic mass is 10.2. The normalized spacial score (nSPS) is 13.2. The van der Waals surface area contributed by atoms with E-state index in [-0.39, 0.29) is 24.1 Å². The molecule has 0 unspecified atom stereocenters. The largest absolute Gasteiger partial charge is 0.376 e. The van der Waals surface area contributed by atoms with E-state index >= 15 is 0 Å². The quantitative estimate of drug-likeness (QED) is 0.679. The van der Waals surface area contributed by atoms with Gasteiger partial charge in [0.2, 0.25) is 0 Å². The zero-order valence-electron chi connectivity index (χ0n) is 16.6. The fourth-order valence-electron chi connectivity index (χ4n) is 3.31. The predicted octanol–water partition coefficient (Wildman–Crippen LogP) is 3.35. The third-order valence-electron chi connectivity index (χ3n) is 4.81. The Morgan fingerprint density at radius 1 is 1.10 bits per heavy atom. The van der Waals surface area contributed by atoms with Crippen molar-refractivity contribution in [3.8, 4) is 0 Å². The lowest BCUT2D eigenvalue weighted by Gasteiger charge is -2.26. The van der Waals surface area contributed by atoms with Crippen LogP contribution in [0, 0.1) is 11.6 Å². The summed E-state index contributed by atoms with van der Waals surface area (Å²) in [7, 11) is 3.83. The highest BCUT2D eigenvalue weighted by molar-refractivity contribution is 5.98. The van der Waals surface area contributed by atoms with Crippen LogP contribution in [0.3, 0.4) is 0 Å². The second-order valence-electron chi connectivity index (χ2n) is 7.17. The average molecular weight is 409 g/mol. The van der Waals surface area contributed by atoms with Crippen molar-refractivity contribution in [3.05, 3.63) is 95.6 Å². The van der Waals surface area contributed by atoms with Crippen LogP contribution in [-0.2, 0) is 6.54 Å². The minimum absolute atomic E-state index is 0.267. The molecule has 154 valence electrons. The molecule has 0 atom stereocenters. The second kappa shape index (κ2) is 7.90. The molecule has 6 nitrogen and oxygen atoms in total. The van der Waals surface area contributed by atoms with Gasteiger partial charge in [-0.05, 0) is 48.0 Å². The molecule has 1 amide bonds. The van der Waals surface area contributed by atoms with Crippen molar-refractivity contribution < 1.29 is 13.6 Å². The number of amides is 1. The Bertz CT molecular complexity index is 1170. The Labute approximate surface area is 172 Å². The number of carbonyl (C=O) groups excluding carboxylic acids is 1. The molecule has 4 rings (SSSR count). The number of halogens is 2. The van der Waals surface area contributed by atoms with Crippen molar-refractivity contribution in [1.29, 1.82) is 0 Å². The Morgan fingerprint density at radius 3 is 2.60 bits per heavy atom. The summed E-state index contributed by atoms with van der Waals surface area (Å²) in [5.74, 6) is -1.13. The predicted molar refractivity (Wildman–Crippen MR) is 111 cm³/mol. The molecule has 0 fully saturated rings. The highest BCUT2D eigenvalue weighted by atomic mass is 19.1. The van der Waals surface area contributed by atoms with Gasteiger partial charge in [-0.3, -0.25) is 10.2 Å². The van der Waals surface area contributed by atoms with E-state index in [0.717, 1.165) is 5.70 Å². The van der Waals surface area contributed by atoms with Crippen LogP contribution in [0.25, 0.3) is 10.9 Å². The van der Waals surface area contributed by atoms with Crippen molar-refractivity contribution in [1.82, 2.24) is 25.4 Å². The molecule has 3 aromatic rings. The van der Waals surface area contributed by atoms with Crippen LogP contribution < -0.4 is 10.9 Å². The topological polar surface area (TPSA) is 52.5 Å². The zero-order chi connectivity index (χ0) is 21.3. The first-order valence-corrected chi connectivity index (χ1v) is 9.36. The summed E-state index contributed by atoms with van der Waals surface area (Å²) < 4.78 is 29.1. The van der Waals surface area contributed by atoms with Crippen molar-refractivity contribution in [2.24, 2.45) is 0 Å². The molecule has 1 aromatic heterocycles. The number of likely N-dealkylation sites (N-methyl/N-ethyl adjacent to an activating group) is 1. The fourth-order valence-corrected chi connectivity index (χ4v) is 3.31. The number of nitrogens with one attached hydrogen (secondary N) is 2. The first-order chi connectivity index (χ1) is 14.4. The third-order valence-corrected chi connectivity index (χ3v) is 4.81. The molecule has 0 aliphatic carbocycles. The zero-order valence-corrected chi connectivity index (χ0v) is 16.6. The number of hydrogen-bond donors (Lipinski definition) is 2. The lowest BCUT2D eigenvalue weighted by molar-refractivity contribution is 0.0802. The molecule has 2 aromatic carbocycles. The number of benzene rings is 2. The molecule has 8 heteroatoms. The van der Waals surface area contributed by atoms with E-state index in [1.165, 1.54) is 29.4 Å². The highest BCUT2D eigenvalue weighted by Gasteiger charge is 2.18. The Balaban J connectivity index is 1.64. The molecule has 0 saturated heterocycles. The van der Waals surface area contributed by atoms with Gasteiger partial charge in [-0.2, -0.15) is 0 Å². The summed E-state index contributed by atoms with van der Waals surface area (Å²) in [6.45, 7) is 0.267. The summed E-state index contributed by atoms with van der Waals surface area (Å²) >= 11 is 0. The van der Waals surface area contributed by atoms with Crippen LogP contribution >= 0.6 is 0 Å². The first-order valence-electron chi connectivity index (χ1n) is 9.36. The monoisotopic (exact) mass is 409 g/mol. The van der Waals surface area contributed by atoms with E-state index in [9.17, 15) is 13.6 Å². The minimum atomic E-state index is -0.389. The SMILES string of the molecule is CN(C)C1=CNN(NC(=O)c2cc3cc(F)ccc3n2Cc2cccc(F)c2)C=C1. The maximum absolute atomic E-state index is 13.7. The summed E-state index contributed by atoms with van der Waals surface area (Å²) in [6, 6.07) is 12.1. The highest BCUT2D eigenvalue weighted by Crippen LogP contribution is 2.23. The van der Waals surface area contributed by atoms with E-state index < -0.39 is 0 Å². The van der Waals surface area contributed by atoms with E-state index in [2.05, 4.69) is 10.9 Å². The van der Waals surface area contributed by atoms with E-state index in [4.69, 9.17) is 0 Å². The van der Waals surface area contributed by atoms with Crippen LogP contribution in [0.4, 0.5) is 8.78 Å². The molecule has 30 heavy (non-hydrogen) atoms. The van der Waals surface area contributed by atoms with Gasteiger partial charge in [-0.25, -0.2) is 19.3 Å². The molecular weight excluding hydrogens is 388 g/mol. The summed E-state index contributed by atoms with van der Waals surface area (Å²) in [6.07, 6.45) is 5.28. The number of rotatable bonds is 5. The second-order valence-corrected chi connectivity index (χ2v) is 7.17. The smallest absolute Gasteiger partial charge is 0.287 e. The Hall–Kier alpha value is -3.81. The molecule has 0 radical (unpaired) electrons. The van der Waals surface area contributed by atoms with Crippen molar-refractivity contribution in [2.75, 3.05) is 14.1 Å². The van der Waals surface area contributed by atoms with Crippen LogP contribution in [0.5, 0.6) is 0 Å². The van der Waals surface area contributed by atoms with Gasteiger partial charge in [0.25, 0.3) is 5.91 Å². The van der Waals surface area contributed by atoms with Gasteiger partial charge in [0.1, 0.15) is 17.3 Å². The van der Waals surface area contributed by atoms with E-state index in [0.29, 0.717) is 22.2 Å². The summed E-state index contributed by atoms with van der Waals surface area (Å²) in [4.78, 5) is 14.9. The van der Waals surface area contributed by atoms with Crippen LogP contribution in [-0.4, -0.2) is 34.6 Å². The number of hydrazine groups is 2.